The number of anilines is 1. The molecule has 2 heterocycles. The van der Waals surface area contributed by atoms with Crippen LogP contribution < -0.4 is 15.8 Å². The van der Waals surface area contributed by atoms with E-state index >= 15 is 0 Å². The first kappa shape index (κ1) is 16.2. The molecule has 8 nitrogen and oxygen atoms in total. The Labute approximate surface area is 145 Å². The van der Waals surface area contributed by atoms with Crippen LogP contribution in [0, 0.1) is 10.1 Å². The van der Waals surface area contributed by atoms with Crippen molar-refractivity contribution in [1.29, 1.82) is 0 Å². The zero-order valence-electron chi connectivity index (χ0n) is 12.4. The van der Waals surface area contributed by atoms with Crippen molar-refractivity contribution >= 4 is 33.3 Å². The number of primary amides is 1. The largest absolute Gasteiger partial charge is 0.493 e. The Hall–Kier alpha value is -2.68. The summed E-state index contributed by atoms with van der Waals surface area (Å²) in [5.41, 5.74) is 6.97. The number of nitro groups is 1. The quantitative estimate of drug-likeness (QED) is 0.595. The molecule has 1 aliphatic heterocycles. The Balaban J connectivity index is 1.88. The predicted molar refractivity (Wildman–Crippen MR) is 90.1 cm³/mol. The average molecular weight is 393 g/mol. The molecule has 1 aromatic carbocycles. The fourth-order valence-corrected chi connectivity index (χ4v) is 3.09. The van der Waals surface area contributed by atoms with E-state index in [9.17, 15) is 14.9 Å². The number of ether oxygens (including phenoxy) is 1. The summed E-state index contributed by atoms with van der Waals surface area (Å²) in [5.74, 6) is 0.220. The van der Waals surface area contributed by atoms with Crippen molar-refractivity contribution in [2.75, 3.05) is 11.9 Å². The van der Waals surface area contributed by atoms with Gasteiger partial charge in [-0.2, -0.15) is 0 Å². The Bertz CT molecular complexity index is 840. The minimum atomic E-state index is -0.788. The van der Waals surface area contributed by atoms with E-state index in [2.05, 4.69) is 26.2 Å². The number of nitrogens with one attached hydrogen (secondary N) is 1. The van der Waals surface area contributed by atoms with Crippen LogP contribution in [0.5, 0.6) is 5.75 Å². The number of nitrogens with two attached hydrogens (primary N) is 1. The molecule has 1 aliphatic rings. The van der Waals surface area contributed by atoms with Gasteiger partial charge >= 0.3 is 0 Å². The first-order valence-corrected chi connectivity index (χ1v) is 7.87. The predicted octanol–water partition coefficient (Wildman–Crippen LogP) is 2.40. The van der Waals surface area contributed by atoms with Crippen molar-refractivity contribution < 1.29 is 14.5 Å². The fraction of sp³-hybridized carbons (Fsp3) is 0.200. The fourth-order valence-electron chi connectivity index (χ4n) is 2.54. The Morgan fingerprint density at radius 1 is 1.46 bits per heavy atom. The molecule has 3 N–H and O–H groups in total. The van der Waals surface area contributed by atoms with Gasteiger partial charge in [-0.25, -0.2) is 4.98 Å². The highest BCUT2D eigenvalue weighted by Gasteiger charge is 2.19. The number of pyridine rings is 1. The van der Waals surface area contributed by atoms with Gasteiger partial charge in [0, 0.05) is 29.1 Å². The smallest absolute Gasteiger partial charge is 0.288 e. The molecule has 24 heavy (non-hydrogen) atoms. The van der Waals surface area contributed by atoms with Crippen LogP contribution in [0.25, 0.3) is 0 Å². The highest BCUT2D eigenvalue weighted by Crippen LogP contribution is 2.33. The van der Waals surface area contributed by atoms with Gasteiger partial charge in [-0.05, 0) is 17.7 Å². The maximum atomic E-state index is 11.5. The molecule has 0 spiro atoms. The topological polar surface area (TPSA) is 120 Å². The van der Waals surface area contributed by atoms with Crippen molar-refractivity contribution in [1.82, 2.24) is 4.98 Å². The molecule has 9 heteroatoms. The molecule has 0 fully saturated rings. The number of aromatic nitrogens is 1. The second kappa shape index (κ2) is 6.44. The van der Waals surface area contributed by atoms with Gasteiger partial charge in [0.25, 0.3) is 11.6 Å². The number of rotatable bonds is 5. The minimum absolute atomic E-state index is 0.0308. The van der Waals surface area contributed by atoms with E-state index in [1.165, 1.54) is 0 Å². The zero-order chi connectivity index (χ0) is 17.3. The van der Waals surface area contributed by atoms with Crippen molar-refractivity contribution in [3.63, 3.8) is 0 Å². The van der Waals surface area contributed by atoms with Crippen LogP contribution >= 0.6 is 15.9 Å². The molecule has 3 rings (SSSR count). The third-order valence-corrected chi connectivity index (χ3v) is 4.08. The van der Waals surface area contributed by atoms with Crippen molar-refractivity contribution in [3.8, 4) is 5.75 Å². The van der Waals surface area contributed by atoms with Crippen molar-refractivity contribution in [3.05, 3.63) is 55.7 Å². The lowest BCUT2D eigenvalue weighted by molar-refractivity contribution is -0.385. The number of hydrogen-bond acceptors (Lipinski definition) is 6. The monoisotopic (exact) mass is 392 g/mol. The number of fused-ring (bicyclic) bond motifs is 1. The number of carbonyl (C=O) groups excluding carboxylic acids is 1. The average Bonchev–Trinajstić information content (AvgIpc) is 3.00. The third-order valence-electron chi connectivity index (χ3n) is 3.62. The van der Waals surface area contributed by atoms with E-state index in [4.69, 9.17) is 10.5 Å². The summed E-state index contributed by atoms with van der Waals surface area (Å²) >= 11 is 3.46. The molecule has 0 unspecified atom stereocenters. The normalized spacial score (nSPS) is 12.4. The molecule has 0 aliphatic carbocycles. The van der Waals surface area contributed by atoms with Crippen LogP contribution in [-0.4, -0.2) is 22.4 Å². The molecular weight excluding hydrogens is 380 g/mol. The molecule has 124 valence electrons. The minimum Gasteiger partial charge on any atom is -0.493 e. The third kappa shape index (κ3) is 3.16. The lowest BCUT2D eigenvalue weighted by Crippen LogP contribution is -2.16. The first-order chi connectivity index (χ1) is 11.5. The molecule has 0 radical (unpaired) electrons. The van der Waals surface area contributed by atoms with E-state index in [0.29, 0.717) is 13.2 Å². The number of benzene rings is 1. The molecule has 2 aromatic rings. The van der Waals surface area contributed by atoms with Gasteiger partial charge in [0.05, 0.1) is 17.1 Å². The molecule has 0 atom stereocenters. The second-order valence-electron chi connectivity index (χ2n) is 5.22. The van der Waals surface area contributed by atoms with Crippen LogP contribution in [-0.2, 0) is 13.0 Å². The number of halogens is 1. The van der Waals surface area contributed by atoms with E-state index in [-0.39, 0.29) is 17.1 Å². The molecule has 0 bridgehead atoms. The molecule has 0 saturated carbocycles. The molecule has 0 saturated heterocycles. The van der Waals surface area contributed by atoms with Crippen molar-refractivity contribution in [2.24, 2.45) is 5.73 Å². The van der Waals surface area contributed by atoms with Gasteiger partial charge in [-0.15, -0.1) is 0 Å². The van der Waals surface area contributed by atoms with Crippen LogP contribution in [0.15, 0.2) is 28.9 Å². The van der Waals surface area contributed by atoms with Gasteiger partial charge in [0.1, 0.15) is 17.8 Å². The summed E-state index contributed by atoms with van der Waals surface area (Å²) in [6.07, 6.45) is 1.92. The summed E-state index contributed by atoms with van der Waals surface area (Å²) in [5, 5.41) is 13.8. The molecule has 1 amide bonds. The van der Waals surface area contributed by atoms with Gasteiger partial charge < -0.3 is 15.8 Å². The van der Waals surface area contributed by atoms with Crippen molar-refractivity contribution in [2.45, 2.75) is 13.0 Å². The number of amides is 1. The van der Waals surface area contributed by atoms with Crippen LogP contribution in [0.3, 0.4) is 0 Å². The van der Waals surface area contributed by atoms with Crippen LogP contribution in [0.4, 0.5) is 11.5 Å². The Morgan fingerprint density at radius 2 is 2.25 bits per heavy atom. The van der Waals surface area contributed by atoms with E-state index in [1.54, 1.807) is 0 Å². The summed E-state index contributed by atoms with van der Waals surface area (Å²) in [4.78, 5) is 25.7. The van der Waals surface area contributed by atoms with E-state index in [0.717, 1.165) is 40.0 Å². The van der Waals surface area contributed by atoms with Gasteiger partial charge in [-0.3, -0.25) is 14.9 Å². The summed E-state index contributed by atoms with van der Waals surface area (Å²) in [7, 11) is 0. The Kier molecular flexibility index (Phi) is 4.34. The maximum absolute atomic E-state index is 11.5. The first-order valence-electron chi connectivity index (χ1n) is 7.08. The summed E-state index contributed by atoms with van der Waals surface area (Å²) < 4.78 is 6.57. The van der Waals surface area contributed by atoms with E-state index in [1.807, 2.05) is 12.1 Å². The summed E-state index contributed by atoms with van der Waals surface area (Å²) in [6.45, 7) is 0.966. The zero-order valence-corrected chi connectivity index (χ0v) is 14.0. The highest BCUT2D eigenvalue weighted by molar-refractivity contribution is 9.10. The maximum Gasteiger partial charge on any atom is 0.288 e. The Morgan fingerprint density at radius 3 is 2.96 bits per heavy atom. The number of hydrogen-bond donors (Lipinski definition) is 2. The highest BCUT2D eigenvalue weighted by atomic mass is 79.9. The van der Waals surface area contributed by atoms with Gasteiger partial charge in [0.2, 0.25) is 0 Å². The van der Waals surface area contributed by atoms with Gasteiger partial charge in [-0.1, -0.05) is 15.9 Å². The standard InChI is InChI=1S/C15H13BrN4O4/c16-10-3-8-1-2-24-13(8)9(4-10)6-18-15-12(14(17)21)5-11(7-19-15)20(22)23/h3-5,7H,1-2,6H2,(H2,17,21)(H,18,19). The molecule has 1 aromatic heterocycles. The SMILES string of the molecule is NC(=O)c1cc([N+](=O)[O-])cnc1NCc1cc(Br)cc2c1OCC2. The number of carbonyl (C=O) groups is 1. The van der Waals surface area contributed by atoms with Crippen LogP contribution in [0.2, 0.25) is 0 Å². The number of nitrogens with zero attached hydrogens (tertiary/aromatic N) is 2. The van der Waals surface area contributed by atoms with E-state index < -0.39 is 10.8 Å². The lowest BCUT2D eigenvalue weighted by atomic mass is 10.1. The lowest BCUT2D eigenvalue weighted by Gasteiger charge is -2.12. The second-order valence-corrected chi connectivity index (χ2v) is 6.13. The van der Waals surface area contributed by atoms with Gasteiger partial charge in [0.15, 0.2) is 0 Å². The summed E-state index contributed by atoms with van der Waals surface area (Å²) in [6, 6.07) is 5.02. The van der Waals surface area contributed by atoms with Crippen LogP contribution in [0.1, 0.15) is 21.5 Å². The molecular formula is C15H13BrN4O4.